The first-order valence-electron chi connectivity index (χ1n) is 8.86. The minimum atomic E-state index is -0.411. The molecule has 134 valence electrons. The first-order valence-corrected chi connectivity index (χ1v) is 8.86. The fraction of sp³-hybridized carbons (Fsp3) is 0.500. The molecule has 1 aliphatic rings. The second-order valence-electron chi connectivity index (χ2n) is 6.11. The summed E-state index contributed by atoms with van der Waals surface area (Å²) in [7, 11) is 0. The van der Waals surface area contributed by atoms with Gasteiger partial charge < -0.3 is 9.64 Å². The van der Waals surface area contributed by atoms with Crippen molar-refractivity contribution in [2.45, 2.75) is 19.9 Å². The van der Waals surface area contributed by atoms with Gasteiger partial charge in [0.15, 0.2) is 5.69 Å². The van der Waals surface area contributed by atoms with Crippen molar-refractivity contribution in [2.24, 2.45) is 0 Å². The summed E-state index contributed by atoms with van der Waals surface area (Å²) in [5.41, 5.74) is 1.58. The van der Waals surface area contributed by atoms with Crippen LogP contribution in [-0.4, -0.2) is 65.2 Å². The number of aryl methyl sites for hydroxylation is 1. The van der Waals surface area contributed by atoms with Crippen LogP contribution in [0.15, 0.2) is 36.5 Å². The maximum atomic E-state index is 11.6. The molecule has 7 heteroatoms. The molecule has 0 unspecified atom stereocenters. The lowest BCUT2D eigenvalue weighted by Crippen LogP contribution is -2.46. The lowest BCUT2D eigenvalue weighted by atomic mass is 10.2. The van der Waals surface area contributed by atoms with Crippen molar-refractivity contribution in [3.63, 3.8) is 0 Å². The van der Waals surface area contributed by atoms with Gasteiger partial charge in [0.1, 0.15) is 0 Å². The van der Waals surface area contributed by atoms with Gasteiger partial charge in [0.05, 0.1) is 12.8 Å². The molecule has 0 atom stereocenters. The average Bonchev–Trinajstić information content (AvgIpc) is 3.12. The summed E-state index contributed by atoms with van der Waals surface area (Å²) in [6, 6.07) is 10.6. The quantitative estimate of drug-likeness (QED) is 0.713. The summed E-state index contributed by atoms with van der Waals surface area (Å²) in [5.74, 6) is -0.411. The van der Waals surface area contributed by atoms with E-state index in [0.29, 0.717) is 6.61 Å². The smallest absolute Gasteiger partial charge is 0.360 e. The molecule has 7 nitrogen and oxygen atoms in total. The molecule has 0 spiro atoms. The summed E-state index contributed by atoms with van der Waals surface area (Å²) in [5, 5.41) is 7.85. The number of carbonyl (C=O) groups is 1. The van der Waals surface area contributed by atoms with Gasteiger partial charge in [-0.3, -0.25) is 9.58 Å². The predicted octanol–water partition coefficient (Wildman–Crippen LogP) is 1.67. The van der Waals surface area contributed by atoms with Gasteiger partial charge in [0.2, 0.25) is 0 Å². The van der Waals surface area contributed by atoms with E-state index < -0.39 is 5.97 Å². The van der Waals surface area contributed by atoms with E-state index in [1.165, 1.54) is 5.69 Å². The second kappa shape index (κ2) is 8.62. The number of ether oxygens (including phenoxy) is 1. The van der Waals surface area contributed by atoms with Gasteiger partial charge in [-0.2, -0.15) is 0 Å². The molecule has 1 aromatic heterocycles. The Bertz CT molecular complexity index is 665. The molecule has 2 heterocycles. The van der Waals surface area contributed by atoms with E-state index in [4.69, 9.17) is 4.74 Å². The highest BCUT2D eigenvalue weighted by atomic mass is 16.5. The highest BCUT2D eigenvalue weighted by Gasteiger charge is 2.17. The van der Waals surface area contributed by atoms with Crippen LogP contribution in [0.1, 0.15) is 23.8 Å². The Morgan fingerprint density at radius 1 is 1.12 bits per heavy atom. The van der Waals surface area contributed by atoms with Crippen molar-refractivity contribution in [3.8, 4) is 0 Å². The van der Waals surface area contributed by atoms with Crippen LogP contribution >= 0.6 is 0 Å². The molecule has 0 amide bonds. The van der Waals surface area contributed by atoms with Gasteiger partial charge in [-0.15, -0.1) is 5.10 Å². The Hall–Kier alpha value is -2.41. The van der Waals surface area contributed by atoms with Crippen LogP contribution in [0, 0.1) is 0 Å². The third kappa shape index (κ3) is 4.79. The van der Waals surface area contributed by atoms with Crippen LogP contribution in [0.2, 0.25) is 0 Å². The number of piperazine rings is 1. The molecule has 0 saturated carbocycles. The minimum Gasteiger partial charge on any atom is -0.461 e. The second-order valence-corrected chi connectivity index (χ2v) is 6.11. The zero-order valence-corrected chi connectivity index (χ0v) is 14.7. The molecule has 25 heavy (non-hydrogen) atoms. The highest BCUT2D eigenvalue weighted by molar-refractivity contribution is 5.86. The summed E-state index contributed by atoms with van der Waals surface area (Å²) in [6.07, 6.45) is 2.64. The molecule has 0 N–H and O–H groups in total. The van der Waals surface area contributed by atoms with Gasteiger partial charge in [-0.1, -0.05) is 23.4 Å². The molecule has 1 fully saturated rings. The van der Waals surface area contributed by atoms with Crippen LogP contribution in [0.4, 0.5) is 5.69 Å². The molecule has 1 aromatic carbocycles. The molecule has 0 aliphatic carbocycles. The van der Waals surface area contributed by atoms with E-state index in [1.807, 2.05) is 0 Å². The number of rotatable bonds is 7. The monoisotopic (exact) mass is 343 g/mol. The maximum Gasteiger partial charge on any atom is 0.360 e. The van der Waals surface area contributed by atoms with Gasteiger partial charge in [-0.25, -0.2) is 4.79 Å². The fourth-order valence-corrected chi connectivity index (χ4v) is 3.03. The Kier molecular flexibility index (Phi) is 6.00. The van der Waals surface area contributed by atoms with Gasteiger partial charge >= 0.3 is 5.97 Å². The Morgan fingerprint density at radius 2 is 1.88 bits per heavy atom. The van der Waals surface area contributed by atoms with Crippen molar-refractivity contribution in [3.05, 3.63) is 42.2 Å². The van der Waals surface area contributed by atoms with E-state index in [1.54, 1.807) is 17.8 Å². The summed E-state index contributed by atoms with van der Waals surface area (Å²) >= 11 is 0. The topological polar surface area (TPSA) is 63.5 Å². The molecule has 1 aliphatic heterocycles. The van der Waals surface area contributed by atoms with E-state index in [-0.39, 0.29) is 5.69 Å². The number of benzene rings is 1. The van der Waals surface area contributed by atoms with Crippen LogP contribution in [-0.2, 0) is 11.3 Å². The Balaban J connectivity index is 1.38. The molecule has 0 radical (unpaired) electrons. The van der Waals surface area contributed by atoms with Gasteiger partial charge in [0, 0.05) is 45.0 Å². The third-order valence-corrected chi connectivity index (χ3v) is 4.38. The number of hydrogen-bond acceptors (Lipinski definition) is 6. The van der Waals surface area contributed by atoms with Gasteiger partial charge in [-0.05, 0) is 25.5 Å². The zero-order chi connectivity index (χ0) is 17.5. The van der Waals surface area contributed by atoms with E-state index in [9.17, 15) is 4.79 Å². The highest BCUT2D eigenvalue weighted by Crippen LogP contribution is 2.15. The summed E-state index contributed by atoms with van der Waals surface area (Å²) in [4.78, 5) is 16.5. The Labute approximate surface area is 148 Å². The average molecular weight is 343 g/mol. The SMILES string of the molecule is CCOC(=O)c1cn(CCCN2CCN(c3ccccc3)CC2)nn1. The van der Waals surface area contributed by atoms with Crippen molar-refractivity contribution in [1.82, 2.24) is 19.9 Å². The molecule has 0 bridgehead atoms. The molecule has 3 rings (SSSR count). The lowest BCUT2D eigenvalue weighted by molar-refractivity contribution is 0.0519. The number of carbonyl (C=O) groups excluding carboxylic acids is 1. The number of hydrogen-bond donors (Lipinski definition) is 0. The largest absolute Gasteiger partial charge is 0.461 e. The van der Waals surface area contributed by atoms with Crippen molar-refractivity contribution in [1.29, 1.82) is 0 Å². The molecule has 1 saturated heterocycles. The number of esters is 1. The van der Waals surface area contributed by atoms with Crippen LogP contribution in [0.5, 0.6) is 0 Å². The normalized spacial score (nSPS) is 15.3. The van der Waals surface area contributed by atoms with E-state index in [0.717, 1.165) is 45.7 Å². The van der Waals surface area contributed by atoms with E-state index >= 15 is 0 Å². The zero-order valence-electron chi connectivity index (χ0n) is 14.7. The van der Waals surface area contributed by atoms with Crippen LogP contribution < -0.4 is 4.90 Å². The molecular weight excluding hydrogens is 318 g/mol. The van der Waals surface area contributed by atoms with Crippen LogP contribution in [0.25, 0.3) is 0 Å². The number of nitrogens with zero attached hydrogens (tertiary/aromatic N) is 5. The number of para-hydroxylation sites is 1. The maximum absolute atomic E-state index is 11.6. The first-order chi connectivity index (χ1) is 12.3. The van der Waals surface area contributed by atoms with Crippen molar-refractivity contribution in [2.75, 3.05) is 44.2 Å². The van der Waals surface area contributed by atoms with Crippen molar-refractivity contribution < 1.29 is 9.53 Å². The minimum absolute atomic E-state index is 0.276. The number of aromatic nitrogens is 3. The fourth-order valence-electron chi connectivity index (χ4n) is 3.03. The Morgan fingerprint density at radius 3 is 2.60 bits per heavy atom. The third-order valence-electron chi connectivity index (χ3n) is 4.38. The predicted molar refractivity (Wildman–Crippen MR) is 95.7 cm³/mol. The van der Waals surface area contributed by atoms with E-state index in [2.05, 4.69) is 50.4 Å². The van der Waals surface area contributed by atoms with Gasteiger partial charge in [0.25, 0.3) is 0 Å². The van der Waals surface area contributed by atoms with Crippen LogP contribution in [0.3, 0.4) is 0 Å². The molecule has 2 aromatic rings. The summed E-state index contributed by atoms with van der Waals surface area (Å²) in [6.45, 7) is 8.16. The standard InChI is InChI=1S/C18H25N5O2/c1-2-25-18(24)17-15-23(20-19-17)10-6-9-21-11-13-22(14-12-21)16-7-4-3-5-8-16/h3-5,7-8,15H,2,6,9-14H2,1H3. The lowest BCUT2D eigenvalue weighted by Gasteiger charge is -2.36. The molecular formula is C18H25N5O2. The first kappa shape index (κ1) is 17.4. The number of anilines is 1. The summed E-state index contributed by atoms with van der Waals surface area (Å²) < 4.78 is 6.63. The van der Waals surface area contributed by atoms with Crippen molar-refractivity contribution >= 4 is 11.7 Å².